The minimum atomic E-state index is -1.04. The molecule has 1 aromatic heterocycles. The first-order chi connectivity index (χ1) is 18.7. The molecule has 0 saturated heterocycles. The number of hydrogen-bond acceptors (Lipinski definition) is 3. The molecule has 0 aliphatic carbocycles. The summed E-state index contributed by atoms with van der Waals surface area (Å²) in [5.41, 5.74) is 2.54. The average Bonchev–Trinajstić information content (AvgIpc) is 3.30. The van der Waals surface area contributed by atoms with Gasteiger partial charge in [0.1, 0.15) is 11.6 Å². The smallest absolute Gasteiger partial charge is 0.335 e. The molecule has 1 amide bonds. The average molecular weight is 563 g/mol. The molecule has 4 aromatic carbocycles. The Kier molecular flexibility index (Phi) is 7.41. The molecule has 0 aliphatic heterocycles. The fraction of sp³-hybridized carbons (Fsp3) is 0.0667. The van der Waals surface area contributed by atoms with Crippen LogP contribution in [0.5, 0.6) is 0 Å². The summed E-state index contributed by atoms with van der Waals surface area (Å²) in [7, 11) is 0. The van der Waals surface area contributed by atoms with Crippen molar-refractivity contribution in [2.75, 3.05) is 0 Å². The predicted molar refractivity (Wildman–Crippen MR) is 149 cm³/mol. The minimum Gasteiger partial charge on any atom is -0.478 e. The maximum atomic E-state index is 14.0. The standard InChI is InChI=1S/C30H21ClF2N2O3S/c1-16(17-5-7-18(8-6-17)30(37)38)35-29(36)25-11-20(19-9-22(32)14-23(33)10-19)12-26-28(25)27(15-34-26)39-24-4-2-3-21(31)13-24/h2-16,34H,1H3,(H,35,36)(H,37,38)/t16-/m0/s1. The molecule has 0 saturated carbocycles. The van der Waals surface area contributed by atoms with Crippen molar-refractivity contribution in [3.63, 3.8) is 0 Å². The molecule has 5 nitrogen and oxygen atoms in total. The van der Waals surface area contributed by atoms with Gasteiger partial charge in [0.15, 0.2) is 0 Å². The van der Waals surface area contributed by atoms with Crippen LogP contribution in [0.4, 0.5) is 8.78 Å². The topological polar surface area (TPSA) is 82.2 Å². The third kappa shape index (κ3) is 5.82. The highest BCUT2D eigenvalue weighted by Crippen LogP contribution is 2.38. The molecule has 1 heterocycles. The van der Waals surface area contributed by atoms with Crippen LogP contribution in [0, 0.1) is 11.6 Å². The van der Waals surface area contributed by atoms with Crippen LogP contribution >= 0.6 is 23.4 Å². The number of aromatic nitrogens is 1. The number of hydrogen-bond donors (Lipinski definition) is 3. The Morgan fingerprint density at radius 2 is 1.64 bits per heavy atom. The van der Waals surface area contributed by atoms with Gasteiger partial charge in [-0.3, -0.25) is 4.79 Å². The molecule has 0 radical (unpaired) electrons. The third-order valence-corrected chi connectivity index (χ3v) is 7.48. The van der Waals surface area contributed by atoms with Crippen molar-refractivity contribution in [1.82, 2.24) is 10.3 Å². The summed E-state index contributed by atoms with van der Waals surface area (Å²) >= 11 is 7.59. The van der Waals surface area contributed by atoms with Gasteiger partial charge in [-0.25, -0.2) is 13.6 Å². The van der Waals surface area contributed by atoms with E-state index >= 15 is 0 Å². The zero-order chi connectivity index (χ0) is 27.7. The molecule has 0 fully saturated rings. The molecule has 39 heavy (non-hydrogen) atoms. The van der Waals surface area contributed by atoms with Gasteiger partial charge in [-0.2, -0.15) is 0 Å². The van der Waals surface area contributed by atoms with Crippen LogP contribution < -0.4 is 5.32 Å². The quantitative estimate of drug-likeness (QED) is 0.187. The number of amides is 1. The number of halogens is 3. The molecule has 196 valence electrons. The number of benzene rings is 4. The van der Waals surface area contributed by atoms with Gasteiger partial charge in [0.2, 0.25) is 0 Å². The maximum absolute atomic E-state index is 14.0. The number of carboxylic acids is 1. The van der Waals surface area contributed by atoms with E-state index in [0.29, 0.717) is 32.6 Å². The Hall–Kier alpha value is -4.14. The Bertz CT molecular complexity index is 1700. The molecule has 0 bridgehead atoms. The first-order valence-corrected chi connectivity index (χ1v) is 13.1. The zero-order valence-corrected chi connectivity index (χ0v) is 22.0. The number of H-pyrrole nitrogens is 1. The number of carboxylic acid groups (broad SMARTS) is 1. The lowest BCUT2D eigenvalue weighted by Crippen LogP contribution is -2.27. The molecule has 0 aliphatic rings. The van der Waals surface area contributed by atoms with Crippen molar-refractivity contribution in [3.8, 4) is 11.1 Å². The highest BCUT2D eigenvalue weighted by molar-refractivity contribution is 7.99. The third-order valence-electron chi connectivity index (χ3n) is 6.21. The largest absolute Gasteiger partial charge is 0.478 e. The highest BCUT2D eigenvalue weighted by Gasteiger charge is 2.20. The summed E-state index contributed by atoms with van der Waals surface area (Å²) < 4.78 is 28.1. The summed E-state index contributed by atoms with van der Waals surface area (Å²) in [6.07, 6.45) is 1.77. The van der Waals surface area contributed by atoms with Crippen molar-refractivity contribution in [2.45, 2.75) is 22.8 Å². The monoisotopic (exact) mass is 562 g/mol. The Balaban J connectivity index is 1.57. The molecule has 0 unspecified atom stereocenters. The minimum absolute atomic E-state index is 0.143. The van der Waals surface area contributed by atoms with Crippen LogP contribution in [-0.4, -0.2) is 22.0 Å². The van der Waals surface area contributed by atoms with E-state index in [1.807, 2.05) is 18.2 Å². The van der Waals surface area contributed by atoms with Gasteiger partial charge in [0.05, 0.1) is 17.2 Å². The molecule has 1 atom stereocenters. The molecule has 9 heteroatoms. The molecule has 3 N–H and O–H groups in total. The summed E-state index contributed by atoms with van der Waals surface area (Å²) in [4.78, 5) is 29.7. The van der Waals surface area contributed by atoms with Gasteiger partial charge in [-0.1, -0.05) is 41.6 Å². The number of carbonyl (C=O) groups excluding carboxylic acids is 1. The maximum Gasteiger partial charge on any atom is 0.335 e. The predicted octanol–water partition coefficient (Wildman–Crippen LogP) is 8.11. The van der Waals surface area contributed by atoms with E-state index < -0.39 is 29.6 Å². The number of rotatable bonds is 7. The summed E-state index contributed by atoms with van der Waals surface area (Å²) in [5.74, 6) is -2.89. The number of aromatic carboxylic acids is 1. The van der Waals surface area contributed by atoms with Crippen LogP contribution in [0.3, 0.4) is 0 Å². The summed E-state index contributed by atoms with van der Waals surface area (Å²) in [5, 5.41) is 13.4. The van der Waals surface area contributed by atoms with E-state index in [4.69, 9.17) is 16.7 Å². The molecule has 5 rings (SSSR count). The van der Waals surface area contributed by atoms with Crippen molar-refractivity contribution < 1.29 is 23.5 Å². The van der Waals surface area contributed by atoms with Gasteiger partial charge in [0, 0.05) is 38.0 Å². The molecule has 5 aromatic rings. The SMILES string of the molecule is C[C@H](NC(=O)c1cc(-c2cc(F)cc(F)c2)cc2[nH]cc(Sc3cccc(Cl)c3)c12)c1ccc(C(=O)O)cc1. The van der Waals surface area contributed by atoms with Gasteiger partial charge >= 0.3 is 5.97 Å². The van der Waals surface area contributed by atoms with Crippen LogP contribution in [0.15, 0.2) is 94.9 Å². The Morgan fingerprint density at radius 1 is 0.949 bits per heavy atom. The molecular weight excluding hydrogens is 542 g/mol. The van der Waals surface area contributed by atoms with Crippen LogP contribution in [-0.2, 0) is 0 Å². The van der Waals surface area contributed by atoms with Gasteiger partial charge < -0.3 is 15.4 Å². The number of fused-ring (bicyclic) bond motifs is 1. The highest BCUT2D eigenvalue weighted by atomic mass is 35.5. The van der Waals surface area contributed by atoms with E-state index in [1.54, 1.807) is 43.5 Å². The Labute approximate surface area is 231 Å². The van der Waals surface area contributed by atoms with Gasteiger partial charge in [-0.15, -0.1) is 0 Å². The lowest BCUT2D eigenvalue weighted by atomic mass is 9.99. The molecule has 0 spiro atoms. The summed E-state index contributed by atoms with van der Waals surface area (Å²) in [6, 6.07) is 19.7. The Morgan fingerprint density at radius 3 is 2.31 bits per heavy atom. The normalized spacial score (nSPS) is 11.9. The number of aromatic amines is 1. The second-order valence-electron chi connectivity index (χ2n) is 8.94. The van der Waals surface area contributed by atoms with Crippen molar-refractivity contribution >= 4 is 46.1 Å². The first kappa shape index (κ1) is 26.5. The first-order valence-electron chi connectivity index (χ1n) is 11.9. The van der Waals surface area contributed by atoms with Crippen LogP contribution in [0.25, 0.3) is 22.0 Å². The van der Waals surface area contributed by atoms with Crippen molar-refractivity contribution in [1.29, 1.82) is 0 Å². The van der Waals surface area contributed by atoms with Gasteiger partial charge in [0.25, 0.3) is 5.91 Å². The fourth-order valence-corrected chi connectivity index (χ4v) is 5.59. The molecular formula is C30H21ClF2N2O3S. The fourth-order valence-electron chi connectivity index (χ4n) is 4.31. The summed E-state index contributed by atoms with van der Waals surface area (Å²) in [6.45, 7) is 1.79. The van der Waals surface area contributed by atoms with E-state index in [2.05, 4.69) is 10.3 Å². The second-order valence-corrected chi connectivity index (χ2v) is 10.5. The second kappa shape index (κ2) is 10.9. The van der Waals surface area contributed by atoms with Crippen LogP contribution in [0.2, 0.25) is 5.02 Å². The lowest BCUT2D eigenvalue weighted by molar-refractivity contribution is 0.0696. The lowest BCUT2D eigenvalue weighted by Gasteiger charge is -2.16. The van der Waals surface area contributed by atoms with Crippen molar-refractivity contribution in [3.05, 3.63) is 118 Å². The number of carbonyl (C=O) groups is 2. The van der Waals surface area contributed by atoms with Crippen molar-refractivity contribution in [2.24, 2.45) is 0 Å². The van der Waals surface area contributed by atoms with Gasteiger partial charge in [-0.05, 0) is 78.2 Å². The van der Waals surface area contributed by atoms with Crippen LogP contribution in [0.1, 0.15) is 39.2 Å². The number of nitrogens with one attached hydrogen (secondary N) is 2. The van der Waals surface area contributed by atoms with E-state index in [0.717, 1.165) is 21.4 Å². The zero-order valence-electron chi connectivity index (χ0n) is 20.5. The van der Waals surface area contributed by atoms with E-state index in [-0.39, 0.29) is 5.56 Å². The van der Waals surface area contributed by atoms with E-state index in [9.17, 15) is 18.4 Å². The van der Waals surface area contributed by atoms with E-state index in [1.165, 1.54) is 36.0 Å².